The van der Waals surface area contributed by atoms with Crippen LogP contribution < -0.4 is 0 Å². The SMILES string of the molecule is CC(=O)C1C(=O)N(Cc2ccccc2)C(=O)N(Cc2ccccc2)C1=O.c1ccsc1. The van der Waals surface area contributed by atoms with E-state index in [9.17, 15) is 19.2 Å². The van der Waals surface area contributed by atoms with E-state index < -0.39 is 29.5 Å². The highest BCUT2D eigenvalue weighted by molar-refractivity contribution is 7.07. The molecular weight excluding hydrogens is 412 g/mol. The molecule has 0 saturated carbocycles. The molecular formula is C24H22N2O4S. The highest BCUT2D eigenvalue weighted by Crippen LogP contribution is 2.23. The molecule has 4 amide bonds. The second-order valence-electron chi connectivity index (χ2n) is 6.94. The third kappa shape index (κ3) is 5.52. The van der Waals surface area contributed by atoms with Gasteiger partial charge < -0.3 is 0 Å². The van der Waals surface area contributed by atoms with Gasteiger partial charge in [0.2, 0.25) is 0 Å². The fourth-order valence-corrected chi connectivity index (χ4v) is 3.60. The number of thiophene rings is 1. The summed E-state index contributed by atoms with van der Waals surface area (Å²) in [6.07, 6.45) is 0. The van der Waals surface area contributed by atoms with Crippen LogP contribution in [0.4, 0.5) is 4.79 Å². The third-order valence-corrected chi connectivity index (χ3v) is 5.32. The summed E-state index contributed by atoms with van der Waals surface area (Å²) in [7, 11) is 0. The van der Waals surface area contributed by atoms with E-state index in [0.717, 1.165) is 20.9 Å². The van der Waals surface area contributed by atoms with Crippen LogP contribution in [-0.4, -0.2) is 33.4 Å². The first-order valence-corrected chi connectivity index (χ1v) is 10.7. The number of amides is 4. The van der Waals surface area contributed by atoms with Gasteiger partial charge in [0.1, 0.15) is 0 Å². The maximum Gasteiger partial charge on any atom is 0.334 e. The summed E-state index contributed by atoms with van der Waals surface area (Å²) < 4.78 is 0. The fraction of sp³-hybridized carbons (Fsp3) is 0.167. The summed E-state index contributed by atoms with van der Waals surface area (Å²) in [5.41, 5.74) is 1.48. The van der Waals surface area contributed by atoms with Gasteiger partial charge in [0.15, 0.2) is 11.7 Å². The lowest BCUT2D eigenvalue weighted by atomic mass is 9.98. The van der Waals surface area contributed by atoms with Gasteiger partial charge in [-0.1, -0.05) is 72.8 Å². The predicted molar refractivity (Wildman–Crippen MR) is 118 cm³/mol. The molecule has 4 rings (SSSR count). The molecule has 0 unspecified atom stereocenters. The molecule has 2 heterocycles. The number of rotatable bonds is 5. The molecule has 0 bridgehead atoms. The topological polar surface area (TPSA) is 74.8 Å². The summed E-state index contributed by atoms with van der Waals surface area (Å²) in [6, 6.07) is 21.3. The first-order chi connectivity index (χ1) is 15.0. The van der Waals surface area contributed by atoms with Crippen molar-refractivity contribution in [1.82, 2.24) is 9.80 Å². The molecule has 158 valence electrons. The van der Waals surface area contributed by atoms with E-state index in [-0.39, 0.29) is 13.1 Å². The van der Waals surface area contributed by atoms with Crippen LogP contribution in [0.3, 0.4) is 0 Å². The lowest BCUT2D eigenvalue weighted by Gasteiger charge is -2.36. The maximum atomic E-state index is 12.8. The summed E-state index contributed by atoms with van der Waals surface area (Å²) in [5.74, 6) is -3.56. The monoisotopic (exact) mass is 434 g/mol. The Kier molecular flexibility index (Phi) is 7.45. The molecule has 1 aliphatic heterocycles. The maximum absolute atomic E-state index is 12.8. The molecule has 1 aliphatic rings. The number of Topliss-reactive ketones (excluding diaryl/α,β-unsaturated/α-hetero) is 1. The van der Waals surface area contributed by atoms with Crippen LogP contribution >= 0.6 is 11.3 Å². The zero-order valence-electron chi connectivity index (χ0n) is 17.0. The van der Waals surface area contributed by atoms with Gasteiger partial charge in [0, 0.05) is 0 Å². The van der Waals surface area contributed by atoms with Crippen LogP contribution in [0.5, 0.6) is 0 Å². The molecule has 0 radical (unpaired) electrons. The van der Waals surface area contributed by atoms with Crippen molar-refractivity contribution in [3.05, 3.63) is 94.7 Å². The average molecular weight is 435 g/mol. The second kappa shape index (κ2) is 10.4. The minimum absolute atomic E-state index is 0.0147. The van der Waals surface area contributed by atoms with Crippen molar-refractivity contribution in [2.24, 2.45) is 5.92 Å². The van der Waals surface area contributed by atoms with E-state index >= 15 is 0 Å². The van der Waals surface area contributed by atoms with Gasteiger partial charge in [-0.05, 0) is 28.8 Å². The molecule has 1 saturated heterocycles. The summed E-state index contributed by atoms with van der Waals surface area (Å²) in [5, 5.41) is 4.08. The quantitative estimate of drug-likeness (QED) is 0.566. The van der Waals surface area contributed by atoms with Crippen molar-refractivity contribution in [3.8, 4) is 0 Å². The Balaban J connectivity index is 0.000000478. The Morgan fingerprint density at radius 1 is 0.742 bits per heavy atom. The normalized spacial score (nSPS) is 14.3. The molecule has 6 nitrogen and oxygen atoms in total. The van der Waals surface area contributed by atoms with E-state index in [2.05, 4.69) is 0 Å². The zero-order chi connectivity index (χ0) is 22.2. The number of imide groups is 2. The lowest BCUT2D eigenvalue weighted by molar-refractivity contribution is -0.153. The molecule has 3 aromatic rings. The van der Waals surface area contributed by atoms with Crippen LogP contribution in [0.1, 0.15) is 18.1 Å². The van der Waals surface area contributed by atoms with Crippen LogP contribution in [-0.2, 0) is 27.5 Å². The van der Waals surface area contributed by atoms with E-state index in [0.29, 0.717) is 0 Å². The van der Waals surface area contributed by atoms with Gasteiger partial charge in [-0.25, -0.2) is 4.79 Å². The molecule has 31 heavy (non-hydrogen) atoms. The van der Waals surface area contributed by atoms with Crippen molar-refractivity contribution in [2.45, 2.75) is 20.0 Å². The number of nitrogens with zero attached hydrogens (tertiary/aromatic N) is 2. The Labute approximate surface area is 184 Å². The first-order valence-electron chi connectivity index (χ1n) is 9.71. The lowest BCUT2D eigenvalue weighted by Crippen LogP contribution is -2.60. The number of hydrogen-bond donors (Lipinski definition) is 0. The predicted octanol–water partition coefficient (Wildman–Crippen LogP) is 4.13. The standard InChI is InChI=1S/C20H18N2O4.C4H4S/c1-14(23)17-18(24)21(12-15-8-4-2-5-9-15)20(26)22(19(17)25)13-16-10-6-3-7-11-16;1-2-4-5-3-1/h2-11,17H,12-13H2,1H3;1-4H. The van der Waals surface area contributed by atoms with E-state index in [1.165, 1.54) is 6.92 Å². The van der Waals surface area contributed by atoms with Crippen molar-refractivity contribution in [1.29, 1.82) is 0 Å². The Hall–Kier alpha value is -3.58. The second-order valence-corrected chi connectivity index (χ2v) is 7.76. The Bertz CT molecular complexity index is 955. The molecule has 0 atom stereocenters. The summed E-state index contributed by atoms with van der Waals surface area (Å²) in [4.78, 5) is 51.9. The number of carbonyl (C=O) groups is 4. The number of barbiturate groups is 1. The highest BCUT2D eigenvalue weighted by atomic mass is 32.1. The smallest absolute Gasteiger partial charge is 0.299 e. The first kappa shape index (κ1) is 22.1. The molecule has 1 aromatic heterocycles. The van der Waals surface area contributed by atoms with Crippen LogP contribution in [0.2, 0.25) is 0 Å². The van der Waals surface area contributed by atoms with Crippen molar-refractivity contribution in [3.63, 3.8) is 0 Å². The zero-order valence-corrected chi connectivity index (χ0v) is 17.8. The average Bonchev–Trinajstić information content (AvgIpc) is 3.36. The van der Waals surface area contributed by atoms with Crippen LogP contribution in [0.15, 0.2) is 83.6 Å². The van der Waals surface area contributed by atoms with Gasteiger partial charge >= 0.3 is 6.03 Å². The van der Waals surface area contributed by atoms with E-state index in [1.54, 1.807) is 59.9 Å². The van der Waals surface area contributed by atoms with Gasteiger partial charge in [-0.3, -0.25) is 24.2 Å². The molecule has 1 fully saturated rings. The molecule has 7 heteroatoms. The summed E-state index contributed by atoms with van der Waals surface area (Å²) in [6.45, 7) is 1.22. The molecule has 0 aliphatic carbocycles. The molecule has 0 N–H and O–H groups in total. The summed E-state index contributed by atoms with van der Waals surface area (Å²) >= 11 is 1.71. The largest absolute Gasteiger partial charge is 0.334 e. The minimum atomic E-state index is -1.47. The van der Waals surface area contributed by atoms with E-state index in [4.69, 9.17) is 0 Å². The van der Waals surface area contributed by atoms with E-state index in [1.807, 2.05) is 35.0 Å². The van der Waals surface area contributed by atoms with Gasteiger partial charge in [-0.15, -0.1) is 0 Å². The van der Waals surface area contributed by atoms with Gasteiger partial charge in [0.25, 0.3) is 11.8 Å². The van der Waals surface area contributed by atoms with Gasteiger partial charge in [-0.2, -0.15) is 11.3 Å². The number of urea groups is 1. The number of ketones is 1. The Morgan fingerprint density at radius 3 is 1.48 bits per heavy atom. The molecule has 2 aromatic carbocycles. The fourth-order valence-electron chi connectivity index (χ4n) is 3.15. The van der Waals surface area contributed by atoms with Crippen molar-refractivity contribution in [2.75, 3.05) is 0 Å². The van der Waals surface area contributed by atoms with Crippen LogP contribution in [0, 0.1) is 5.92 Å². The number of benzene rings is 2. The number of hydrogen-bond acceptors (Lipinski definition) is 5. The third-order valence-electron chi connectivity index (χ3n) is 4.69. The molecule has 0 spiro atoms. The highest BCUT2D eigenvalue weighted by Gasteiger charge is 2.47. The van der Waals surface area contributed by atoms with Crippen molar-refractivity contribution >= 4 is 35.0 Å². The van der Waals surface area contributed by atoms with Crippen molar-refractivity contribution < 1.29 is 19.2 Å². The van der Waals surface area contributed by atoms with Gasteiger partial charge in [0.05, 0.1) is 13.1 Å². The van der Waals surface area contributed by atoms with Crippen LogP contribution in [0.25, 0.3) is 0 Å². The minimum Gasteiger partial charge on any atom is -0.299 e. The number of carbonyl (C=O) groups excluding carboxylic acids is 4. The Morgan fingerprint density at radius 2 is 1.16 bits per heavy atom.